The van der Waals surface area contributed by atoms with Gasteiger partial charge in [-0.2, -0.15) is 0 Å². The first-order valence-electron chi connectivity index (χ1n) is 10.8. The summed E-state index contributed by atoms with van der Waals surface area (Å²) in [7, 11) is 0. The standard InChI is InChI=1S/C23H23N5O8S/c29-19(30)9-27(10-20(31)32)7-14-3-1-5-16(24-14)18-13-37-23(26-18)17-6-2-4-15(25-17)8-28(11-21(33)34)12-22(35)36/h1-6,13H,7-12H2,(H,29,30)(H,31,32)(H,33,34)(H,35,36). The number of thiazole rings is 1. The molecular formula is C23H23N5O8S. The van der Waals surface area contributed by atoms with Gasteiger partial charge in [-0.1, -0.05) is 12.1 Å². The Labute approximate surface area is 214 Å². The van der Waals surface area contributed by atoms with Crippen LogP contribution in [0.4, 0.5) is 0 Å². The van der Waals surface area contributed by atoms with Crippen molar-refractivity contribution in [2.45, 2.75) is 13.1 Å². The van der Waals surface area contributed by atoms with E-state index in [0.717, 1.165) is 0 Å². The van der Waals surface area contributed by atoms with E-state index in [1.165, 1.54) is 21.1 Å². The molecule has 14 heteroatoms. The van der Waals surface area contributed by atoms with Gasteiger partial charge in [-0.25, -0.2) is 15.0 Å². The molecule has 0 spiro atoms. The third-order valence-electron chi connectivity index (χ3n) is 4.81. The number of carboxylic acid groups (broad SMARTS) is 4. The van der Waals surface area contributed by atoms with Gasteiger partial charge in [0.25, 0.3) is 0 Å². The zero-order valence-electron chi connectivity index (χ0n) is 19.4. The predicted octanol–water partition coefficient (Wildman–Crippen LogP) is 1.21. The van der Waals surface area contributed by atoms with E-state index >= 15 is 0 Å². The third kappa shape index (κ3) is 8.71. The van der Waals surface area contributed by atoms with Crippen molar-refractivity contribution < 1.29 is 39.6 Å². The second kappa shape index (κ2) is 12.6. The molecule has 0 atom stereocenters. The summed E-state index contributed by atoms with van der Waals surface area (Å²) in [6, 6.07) is 10.2. The highest BCUT2D eigenvalue weighted by Crippen LogP contribution is 2.27. The molecule has 3 rings (SSSR count). The van der Waals surface area contributed by atoms with Crippen LogP contribution in [0.3, 0.4) is 0 Å². The van der Waals surface area contributed by atoms with Crippen LogP contribution in [-0.4, -0.2) is 95.2 Å². The Bertz CT molecular complexity index is 1170. The Kier molecular flexibility index (Phi) is 9.32. The summed E-state index contributed by atoms with van der Waals surface area (Å²) in [5.74, 6) is -4.59. The molecule has 0 saturated heterocycles. The van der Waals surface area contributed by atoms with Crippen molar-refractivity contribution in [3.05, 3.63) is 53.2 Å². The van der Waals surface area contributed by atoms with Crippen molar-refractivity contribution in [1.82, 2.24) is 24.8 Å². The molecule has 0 bridgehead atoms. The van der Waals surface area contributed by atoms with Gasteiger partial charge in [0, 0.05) is 18.5 Å². The summed E-state index contributed by atoms with van der Waals surface area (Å²) in [4.78, 5) is 60.3. The fourth-order valence-electron chi connectivity index (χ4n) is 3.46. The predicted molar refractivity (Wildman–Crippen MR) is 130 cm³/mol. The minimum absolute atomic E-state index is 0.0240. The van der Waals surface area contributed by atoms with Crippen LogP contribution in [0.5, 0.6) is 0 Å². The third-order valence-corrected chi connectivity index (χ3v) is 5.67. The molecule has 0 fully saturated rings. The molecule has 0 aliphatic heterocycles. The maximum atomic E-state index is 11.1. The Balaban J connectivity index is 1.78. The SMILES string of the molecule is O=C(O)CN(CC(=O)O)Cc1cccc(-c2csc(-c3cccc(CN(CC(=O)O)CC(=O)O)n3)n2)n1. The molecule has 37 heavy (non-hydrogen) atoms. The van der Waals surface area contributed by atoms with E-state index in [2.05, 4.69) is 15.0 Å². The summed E-state index contributed by atoms with van der Waals surface area (Å²) < 4.78 is 0. The highest BCUT2D eigenvalue weighted by molar-refractivity contribution is 7.13. The molecule has 0 amide bonds. The lowest BCUT2D eigenvalue weighted by Gasteiger charge is -2.17. The Morgan fingerprint density at radius 1 is 0.622 bits per heavy atom. The smallest absolute Gasteiger partial charge is 0.317 e. The molecule has 194 valence electrons. The van der Waals surface area contributed by atoms with Crippen molar-refractivity contribution in [1.29, 1.82) is 0 Å². The average Bonchev–Trinajstić information content (AvgIpc) is 3.28. The van der Waals surface area contributed by atoms with Crippen molar-refractivity contribution in [3.8, 4) is 22.1 Å². The largest absolute Gasteiger partial charge is 0.480 e. The number of aliphatic carboxylic acids is 4. The van der Waals surface area contributed by atoms with Crippen LogP contribution in [0, 0.1) is 0 Å². The average molecular weight is 530 g/mol. The van der Waals surface area contributed by atoms with Crippen LogP contribution in [-0.2, 0) is 32.3 Å². The number of hydrogen-bond donors (Lipinski definition) is 4. The molecule has 0 aliphatic rings. The lowest BCUT2D eigenvalue weighted by molar-refractivity contribution is -0.144. The highest BCUT2D eigenvalue weighted by atomic mass is 32.1. The van der Waals surface area contributed by atoms with E-state index in [9.17, 15) is 19.2 Å². The minimum atomic E-state index is -1.15. The van der Waals surface area contributed by atoms with E-state index in [-0.39, 0.29) is 13.1 Å². The maximum absolute atomic E-state index is 11.1. The van der Waals surface area contributed by atoms with Gasteiger partial charge in [0.1, 0.15) is 10.7 Å². The number of pyridine rings is 2. The van der Waals surface area contributed by atoms with Gasteiger partial charge in [0.15, 0.2) is 0 Å². The van der Waals surface area contributed by atoms with Gasteiger partial charge in [0.2, 0.25) is 0 Å². The van der Waals surface area contributed by atoms with E-state index in [1.807, 2.05) is 0 Å². The molecule has 3 heterocycles. The molecule has 3 aromatic rings. The first-order valence-corrected chi connectivity index (χ1v) is 11.7. The fourth-order valence-corrected chi connectivity index (χ4v) is 4.25. The monoisotopic (exact) mass is 529 g/mol. The summed E-state index contributed by atoms with van der Waals surface area (Å²) in [5, 5.41) is 38.5. The van der Waals surface area contributed by atoms with Gasteiger partial charge < -0.3 is 20.4 Å². The first-order chi connectivity index (χ1) is 17.6. The Hall–Kier alpha value is -4.27. The number of carboxylic acids is 4. The quantitative estimate of drug-likeness (QED) is 0.233. The van der Waals surface area contributed by atoms with Crippen molar-refractivity contribution in [3.63, 3.8) is 0 Å². The second-order valence-electron chi connectivity index (χ2n) is 7.93. The van der Waals surface area contributed by atoms with Gasteiger partial charge >= 0.3 is 23.9 Å². The van der Waals surface area contributed by atoms with Gasteiger partial charge in [-0.05, 0) is 24.3 Å². The number of rotatable bonds is 14. The molecule has 13 nitrogen and oxygen atoms in total. The van der Waals surface area contributed by atoms with E-state index < -0.39 is 50.1 Å². The Morgan fingerprint density at radius 3 is 1.51 bits per heavy atom. The molecule has 4 N–H and O–H groups in total. The molecule has 0 saturated carbocycles. The number of nitrogens with zero attached hydrogens (tertiary/aromatic N) is 5. The highest BCUT2D eigenvalue weighted by Gasteiger charge is 2.17. The number of hydrogen-bond acceptors (Lipinski definition) is 10. The maximum Gasteiger partial charge on any atom is 0.317 e. The molecule has 3 aromatic heterocycles. The van der Waals surface area contributed by atoms with Gasteiger partial charge in [0.05, 0.1) is 49.0 Å². The normalized spacial score (nSPS) is 11.1. The lowest BCUT2D eigenvalue weighted by atomic mass is 10.2. The van der Waals surface area contributed by atoms with Crippen LogP contribution in [0.1, 0.15) is 11.4 Å². The summed E-state index contributed by atoms with van der Waals surface area (Å²) >= 11 is 1.30. The molecule has 0 unspecified atom stereocenters. The van der Waals surface area contributed by atoms with Crippen molar-refractivity contribution >= 4 is 35.2 Å². The van der Waals surface area contributed by atoms with Crippen molar-refractivity contribution in [2.24, 2.45) is 0 Å². The lowest BCUT2D eigenvalue weighted by Crippen LogP contribution is -2.34. The zero-order valence-corrected chi connectivity index (χ0v) is 20.2. The molecule has 0 aliphatic carbocycles. The topological polar surface area (TPSA) is 194 Å². The van der Waals surface area contributed by atoms with Crippen molar-refractivity contribution in [2.75, 3.05) is 26.2 Å². The number of aromatic nitrogens is 3. The molecule has 0 aromatic carbocycles. The fraction of sp³-hybridized carbons (Fsp3) is 0.261. The van der Waals surface area contributed by atoms with Crippen LogP contribution < -0.4 is 0 Å². The van der Waals surface area contributed by atoms with E-state index in [0.29, 0.717) is 33.5 Å². The van der Waals surface area contributed by atoms with E-state index in [4.69, 9.17) is 20.4 Å². The minimum Gasteiger partial charge on any atom is -0.480 e. The first kappa shape index (κ1) is 27.3. The molecule has 0 radical (unpaired) electrons. The summed E-state index contributed by atoms with van der Waals surface area (Å²) in [6.45, 7) is -1.74. The summed E-state index contributed by atoms with van der Waals surface area (Å²) in [5.41, 5.74) is 2.52. The van der Waals surface area contributed by atoms with Gasteiger partial charge in [-0.15, -0.1) is 11.3 Å². The van der Waals surface area contributed by atoms with Crippen LogP contribution in [0.2, 0.25) is 0 Å². The van der Waals surface area contributed by atoms with E-state index in [1.54, 1.807) is 41.8 Å². The molecular weight excluding hydrogens is 506 g/mol. The van der Waals surface area contributed by atoms with Crippen LogP contribution in [0.15, 0.2) is 41.8 Å². The van der Waals surface area contributed by atoms with Crippen LogP contribution in [0.25, 0.3) is 22.1 Å². The summed E-state index contributed by atoms with van der Waals surface area (Å²) in [6.07, 6.45) is 0. The van der Waals surface area contributed by atoms with Gasteiger partial charge in [-0.3, -0.25) is 29.0 Å². The van der Waals surface area contributed by atoms with Crippen LogP contribution >= 0.6 is 11.3 Å². The second-order valence-corrected chi connectivity index (χ2v) is 8.79. The number of carbonyl (C=O) groups is 4. The Morgan fingerprint density at radius 2 is 1.05 bits per heavy atom. The zero-order chi connectivity index (χ0) is 26.9.